The molecule has 8 nitrogen and oxygen atoms in total. The molecule has 3 heterocycles. The van der Waals surface area contributed by atoms with Crippen LogP contribution < -0.4 is 0 Å². The van der Waals surface area contributed by atoms with Gasteiger partial charge in [-0.3, -0.25) is 0 Å². The summed E-state index contributed by atoms with van der Waals surface area (Å²) >= 11 is 7.08. The third kappa shape index (κ3) is 2.89. The maximum Gasteiger partial charge on any atom is 0.257 e. The van der Waals surface area contributed by atoms with Gasteiger partial charge in [-0.15, -0.1) is 0 Å². The monoisotopic (exact) mass is 306 g/mol. The Labute approximate surface area is 122 Å². The molecule has 0 aliphatic rings. The van der Waals surface area contributed by atoms with Crippen LogP contribution in [-0.2, 0) is 0 Å². The molecule has 0 saturated carbocycles. The molecule has 0 bridgehead atoms. The van der Waals surface area contributed by atoms with Crippen LogP contribution in [0.15, 0.2) is 35.2 Å². The van der Waals surface area contributed by atoms with Crippen molar-refractivity contribution in [2.24, 2.45) is 0 Å². The van der Waals surface area contributed by atoms with Crippen LogP contribution >= 0.6 is 23.4 Å². The predicted molar refractivity (Wildman–Crippen MR) is 70.6 cm³/mol. The zero-order valence-corrected chi connectivity index (χ0v) is 11.7. The summed E-state index contributed by atoms with van der Waals surface area (Å²) in [6.45, 7) is 1.88. The molecule has 0 spiro atoms. The summed E-state index contributed by atoms with van der Waals surface area (Å²) in [4.78, 5) is 24.5. The zero-order chi connectivity index (χ0) is 13.9. The van der Waals surface area contributed by atoms with E-state index in [1.807, 2.05) is 13.0 Å². The maximum absolute atomic E-state index is 5.89. The molecule has 0 aliphatic carbocycles. The number of halogens is 1. The fourth-order valence-electron chi connectivity index (χ4n) is 1.34. The first-order valence-corrected chi connectivity index (χ1v) is 6.64. The molecule has 3 aromatic rings. The molecule has 20 heavy (non-hydrogen) atoms. The quantitative estimate of drug-likeness (QED) is 0.669. The van der Waals surface area contributed by atoms with Gasteiger partial charge in [0.15, 0.2) is 5.16 Å². The fraction of sp³-hybridized carbons (Fsp3) is 0.100. The van der Waals surface area contributed by atoms with Crippen molar-refractivity contribution in [1.29, 1.82) is 0 Å². The average molecular weight is 307 g/mol. The Morgan fingerprint density at radius 1 is 1.15 bits per heavy atom. The highest BCUT2D eigenvalue weighted by molar-refractivity contribution is 7.99. The number of nitrogens with zero attached hydrogens (tertiary/aromatic N) is 8. The topological polar surface area (TPSA) is 95.2 Å². The Kier molecular flexibility index (Phi) is 3.52. The van der Waals surface area contributed by atoms with Gasteiger partial charge in [-0.25, -0.2) is 15.0 Å². The van der Waals surface area contributed by atoms with Crippen LogP contribution in [0.2, 0.25) is 5.28 Å². The van der Waals surface area contributed by atoms with Crippen molar-refractivity contribution < 1.29 is 0 Å². The van der Waals surface area contributed by atoms with E-state index in [0.29, 0.717) is 10.3 Å². The van der Waals surface area contributed by atoms with Gasteiger partial charge in [0, 0.05) is 11.9 Å². The Hall–Kier alpha value is -2.13. The van der Waals surface area contributed by atoms with Crippen molar-refractivity contribution >= 4 is 23.4 Å². The van der Waals surface area contributed by atoms with Gasteiger partial charge in [0.2, 0.25) is 10.4 Å². The second kappa shape index (κ2) is 5.47. The van der Waals surface area contributed by atoms with Crippen molar-refractivity contribution in [3.63, 3.8) is 0 Å². The molecule has 0 saturated heterocycles. The summed E-state index contributed by atoms with van der Waals surface area (Å²) in [5.41, 5.74) is 0.860. The molecular weight excluding hydrogens is 300 g/mol. The fourth-order valence-corrected chi connectivity index (χ4v) is 2.27. The van der Waals surface area contributed by atoms with E-state index in [-0.39, 0.29) is 11.2 Å². The van der Waals surface area contributed by atoms with E-state index in [2.05, 4.69) is 35.0 Å². The summed E-state index contributed by atoms with van der Waals surface area (Å²) < 4.78 is 1.40. The van der Waals surface area contributed by atoms with E-state index in [4.69, 9.17) is 11.6 Å². The highest BCUT2D eigenvalue weighted by Crippen LogP contribution is 2.22. The first kappa shape index (κ1) is 12.9. The van der Waals surface area contributed by atoms with Gasteiger partial charge in [-0.05, 0) is 36.4 Å². The van der Waals surface area contributed by atoms with Crippen molar-refractivity contribution in [3.8, 4) is 5.95 Å². The lowest BCUT2D eigenvalue weighted by Crippen LogP contribution is -2.04. The van der Waals surface area contributed by atoms with E-state index < -0.39 is 0 Å². The first-order chi connectivity index (χ1) is 9.70. The first-order valence-electron chi connectivity index (χ1n) is 5.45. The van der Waals surface area contributed by atoms with Crippen molar-refractivity contribution in [1.82, 2.24) is 39.7 Å². The minimum atomic E-state index is 0.0700. The maximum atomic E-state index is 5.89. The highest BCUT2D eigenvalue weighted by Gasteiger charge is 2.10. The Morgan fingerprint density at radius 2 is 2.05 bits per heavy atom. The molecule has 0 aliphatic heterocycles. The summed E-state index contributed by atoms with van der Waals surface area (Å²) in [5.74, 6) is 0.289. The van der Waals surface area contributed by atoms with Gasteiger partial charge in [0.25, 0.3) is 5.95 Å². The van der Waals surface area contributed by atoms with E-state index in [0.717, 1.165) is 5.69 Å². The number of rotatable bonds is 3. The van der Waals surface area contributed by atoms with E-state index >= 15 is 0 Å². The molecule has 0 radical (unpaired) electrons. The summed E-state index contributed by atoms with van der Waals surface area (Å²) in [6, 6.07) is 1.81. The second-order valence-electron chi connectivity index (χ2n) is 3.61. The number of hydrogen-bond acceptors (Lipinski definition) is 8. The lowest BCUT2D eigenvalue weighted by Gasteiger charge is -2.02. The Balaban J connectivity index is 1.94. The lowest BCUT2D eigenvalue weighted by atomic mass is 10.5. The minimum Gasteiger partial charge on any atom is -0.231 e. The average Bonchev–Trinajstić information content (AvgIpc) is 2.91. The van der Waals surface area contributed by atoms with Crippen molar-refractivity contribution in [2.75, 3.05) is 0 Å². The third-order valence-electron chi connectivity index (χ3n) is 2.15. The molecular formula is C10H7ClN8S. The largest absolute Gasteiger partial charge is 0.257 e. The van der Waals surface area contributed by atoms with Crippen molar-refractivity contribution in [3.05, 3.63) is 35.9 Å². The molecule has 0 aromatic carbocycles. The van der Waals surface area contributed by atoms with Gasteiger partial charge in [-0.2, -0.15) is 24.7 Å². The molecule has 0 atom stereocenters. The lowest BCUT2D eigenvalue weighted by molar-refractivity contribution is 0.756. The van der Waals surface area contributed by atoms with Gasteiger partial charge in [0.05, 0.1) is 0 Å². The van der Waals surface area contributed by atoms with Gasteiger partial charge >= 0.3 is 0 Å². The predicted octanol–water partition coefficient (Wildman–Crippen LogP) is 1.36. The zero-order valence-electron chi connectivity index (χ0n) is 10.2. The van der Waals surface area contributed by atoms with Gasteiger partial charge in [0.1, 0.15) is 12.7 Å². The van der Waals surface area contributed by atoms with Crippen LogP contribution in [0.25, 0.3) is 5.95 Å². The van der Waals surface area contributed by atoms with Crippen molar-refractivity contribution in [2.45, 2.75) is 17.2 Å². The van der Waals surface area contributed by atoms with Gasteiger partial charge < -0.3 is 0 Å². The van der Waals surface area contributed by atoms with Crippen LogP contribution in [0.3, 0.4) is 0 Å². The molecule has 10 heteroatoms. The van der Waals surface area contributed by atoms with E-state index in [1.165, 1.54) is 29.1 Å². The highest BCUT2D eigenvalue weighted by atomic mass is 35.5. The molecule has 100 valence electrons. The number of aromatic nitrogens is 8. The summed E-state index contributed by atoms with van der Waals surface area (Å²) in [7, 11) is 0. The molecule has 0 amide bonds. The third-order valence-corrected chi connectivity index (χ3v) is 3.07. The molecule has 0 unspecified atom stereocenters. The van der Waals surface area contributed by atoms with Crippen LogP contribution in [0.4, 0.5) is 0 Å². The van der Waals surface area contributed by atoms with Crippen LogP contribution in [0, 0.1) is 6.92 Å². The Bertz CT molecular complexity index is 732. The van der Waals surface area contributed by atoms with E-state index in [1.54, 1.807) is 6.20 Å². The molecule has 0 N–H and O–H groups in total. The number of aryl methyl sites for hydroxylation is 1. The summed E-state index contributed by atoms with van der Waals surface area (Å²) in [6.07, 6.45) is 4.53. The molecule has 3 rings (SSSR count). The summed E-state index contributed by atoms with van der Waals surface area (Å²) in [5, 5.41) is 4.94. The molecule has 3 aromatic heterocycles. The number of hydrogen-bond donors (Lipinski definition) is 0. The Morgan fingerprint density at radius 3 is 2.80 bits per heavy atom. The SMILES string of the molecule is Cc1ccnc(Sc2nc(Cl)nc(-n3cncn3)n2)n1. The van der Waals surface area contributed by atoms with Crippen LogP contribution in [0.5, 0.6) is 0 Å². The van der Waals surface area contributed by atoms with Crippen LogP contribution in [0.1, 0.15) is 5.69 Å². The standard InChI is InChI=1S/C10H7ClN8S/c1-6-2-3-13-9(15-6)20-10-17-7(11)16-8(18-10)19-5-12-4-14-19/h2-5H,1H3. The smallest absolute Gasteiger partial charge is 0.231 e. The minimum absolute atomic E-state index is 0.0700. The second-order valence-corrected chi connectivity index (χ2v) is 4.88. The van der Waals surface area contributed by atoms with E-state index in [9.17, 15) is 0 Å². The normalized spacial score (nSPS) is 10.7. The van der Waals surface area contributed by atoms with Gasteiger partial charge in [-0.1, -0.05) is 0 Å². The van der Waals surface area contributed by atoms with Crippen LogP contribution in [-0.4, -0.2) is 39.7 Å². The molecule has 0 fully saturated rings.